The zero-order valence-electron chi connectivity index (χ0n) is 22.0. The van der Waals surface area contributed by atoms with Crippen LogP contribution in [0.3, 0.4) is 0 Å². The van der Waals surface area contributed by atoms with Gasteiger partial charge in [-0.15, -0.1) is 5.10 Å². The van der Waals surface area contributed by atoms with E-state index in [9.17, 15) is 19.1 Å². The fourth-order valence-corrected chi connectivity index (χ4v) is 5.27. The van der Waals surface area contributed by atoms with Crippen molar-refractivity contribution in [2.75, 3.05) is 18.0 Å². The molecule has 0 spiro atoms. The van der Waals surface area contributed by atoms with Crippen LogP contribution in [0.25, 0.3) is 39.2 Å². The lowest BCUT2D eigenvalue weighted by atomic mass is 10.0. The van der Waals surface area contributed by atoms with Gasteiger partial charge in [-0.25, -0.2) is 23.4 Å². The number of benzene rings is 2. The minimum absolute atomic E-state index is 0.0717. The molecule has 2 aromatic carbocycles. The van der Waals surface area contributed by atoms with Crippen molar-refractivity contribution in [1.82, 2.24) is 29.4 Å². The van der Waals surface area contributed by atoms with E-state index < -0.39 is 17.6 Å². The molecule has 0 aliphatic carbocycles. The molecule has 0 radical (unpaired) electrons. The van der Waals surface area contributed by atoms with E-state index in [1.54, 1.807) is 41.9 Å². The molecular formula is C28H27F2N9O. The maximum Gasteiger partial charge on any atom is 0.181 e. The highest BCUT2D eigenvalue weighted by Gasteiger charge is 2.29. The van der Waals surface area contributed by atoms with Crippen LogP contribution in [0.1, 0.15) is 25.8 Å². The molecule has 6 rings (SSSR count). The van der Waals surface area contributed by atoms with Crippen molar-refractivity contribution >= 4 is 22.5 Å². The van der Waals surface area contributed by atoms with Gasteiger partial charge in [-0.05, 0) is 44.5 Å². The highest BCUT2D eigenvalue weighted by atomic mass is 19.1. The van der Waals surface area contributed by atoms with E-state index in [1.807, 2.05) is 28.7 Å². The fourth-order valence-electron chi connectivity index (χ4n) is 5.27. The van der Waals surface area contributed by atoms with Crippen molar-refractivity contribution in [3.05, 3.63) is 60.2 Å². The summed E-state index contributed by atoms with van der Waals surface area (Å²) < 4.78 is 32.7. The highest BCUT2D eigenvalue weighted by Crippen LogP contribution is 2.37. The van der Waals surface area contributed by atoms with Gasteiger partial charge in [0.1, 0.15) is 23.6 Å². The Morgan fingerprint density at radius 1 is 1.18 bits per heavy atom. The lowest BCUT2D eigenvalue weighted by Crippen LogP contribution is -2.48. The Morgan fingerprint density at radius 2 is 1.98 bits per heavy atom. The van der Waals surface area contributed by atoms with Crippen molar-refractivity contribution < 1.29 is 13.9 Å². The number of aliphatic hydroxyl groups is 1. The van der Waals surface area contributed by atoms with Crippen molar-refractivity contribution in [3.8, 4) is 28.6 Å². The number of alkyl halides is 1. The Kier molecular flexibility index (Phi) is 6.20. The van der Waals surface area contributed by atoms with Crippen LogP contribution in [-0.2, 0) is 6.54 Å². The third kappa shape index (κ3) is 4.63. The molecule has 0 bridgehead atoms. The Labute approximate surface area is 228 Å². The summed E-state index contributed by atoms with van der Waals surface area (Å²) in [5.41, 5.74) is 9.16. The lowest BCUT2D eigenvalue weighted by molar-refractivity contribution is 0.0585. The molecule has 4 heterocycles. The standard InChI is InChI=1S/C28H27F2N9O/c1-28(2,40)15-39-23-6-5-17(10-22(23)35-36-39)25-24(16-3-4-18(12-31)21(30)9-16)34-27-26(33-7-8-38(25)27)37-13-19(29)11-20(32)14-37/h3-10,19-20,40H,11,13-15,32H2,1-2H3/t19-,20-/m1/s1. The minimum atomic E-state index is -1.10. The first-order valence-electron chi connectivity index (χ1n) is 12.9. The first-order chi connectivity index (χ1) is 19.1. The van der Waals surface area contributed by atoms with Crippen molar-refractivity contribution in [3.63, 3.8) is 0 Å². The summed E-state index contributed by atoms with van der Waals surface area (Å²) in [4.78, 5) is 11.2. The summed E-state index contributed by atoms with van der Waals surface area (Å²) in [5, 5.41) is 28.0. The number of hydrogen-bond acceptors (Lipinski definition) is 8. The van der Waals surface area contributed by atoms with Gasteiger partial charge in [0.2, 0.25) is 0 Å². The monoisotopic (exact) mass is 543 g/mol. The number of piperidine rings is 1. The number of rotatable bonds is 5. The van der Waals surface area contributed by atoms with E-state index in [2.05, 4.69) is 15.3 Å². The Hall–Kier alpha value is -4.47. The first-order valence-corrected chi connectivity index (χ1v) is 12.9. The zero-order valence-corrected chi connectivity index (χ0v) is 22.0. The molecule has 0 saturated carbocycles. The summed E-state index contributed by atoms with van der Waals surface area (Å²) in [6.07, 6.45) is 2.55. The Bertz CT molecular complexity index is 1770. The lowest BCUT2D eigenvalue weighted by Gasteiger charge is -2.33. The summed E-state index contributed by atoms with van der Waals surface area (Å²) in [6, 6.07) is 11.4. The minimum Gasteiger partial charge on any atom is -0.389 e. The fraction of sp³-hybridized carbons (Fsp3) is 0.321. The molecule has 1 aliphatic rings. The number of fused-ring (bicyclic) bond motifs is 2. The highest BCUT2D eigenvalue weighted by molar-refractivity contribution is 5.89. The van der Waals surface area contributed by atoms with Gasteiger partial charge in [0.05, 0.1) is 41.2 Å². The van der Waals surface area contributed by atoms with E-state index >= 15 is 0 Å². The van der Waals surface area contributed by atoms with Crippen LogP contribution in [0.15, 0.2) is 48.8 Å². The molecule has 10 nitrogen and oxygen atoms in total. The molecule has 204 valence electrons. The van der Waals surface area contributed by atoms with Gasteiger partial charge in [-0.3, -0.25) is 4.40 Å². The average Bonchev–Trinajstić information content (AvgIpc) is 3.48. The second-order valence-electron chi connectivity index (χ2n) is 10.8. The second-order valence-corrected chi connectivity index (χ2v) is 10.8. The maximum absolute atomic E-state index is 14.8. The number of halogens is 2. The van der Waals surface area contributed by atoms with Gasteiger partial charge in [0, 0.05) is 36.1 Å². The van der Waals surface area contributed by atoms with Crippen LogP contribution < -0.4 is 10.6 Å². The van der Waals surface area contributed by atoms with Crippen LogP contribution in [0.4, 0.5) is 14.6 Å². The van der Waals surface area contributed by atoms with E-state index in [0.717, 1.165) is 11.1 Å². The van der Waals surface area contributed by atoms with Crippen LogP contribution in [0.2, 0.25) is 0 Å². The average molecular weight is 544 g/mol. The molecule has 3 aromatic heterocycles. The van der Waals surface area contributed by atoms with E-state index in [-0.39, 0.29) is 31.1 Å². The topological polar surface area (TPSA) is 134 Å². The van der Waals surface area contributed by atoms with Crippen LogP contribution in [0, 0.1) is 17.1 Å². The molecular weight excluding hydrogens is 516 g/mol. The van der Waals surface area contributed by atoms with E-state index in [0.29, 0.717) is 40.5 Å². The first kappa shape index (κ1) is 25.8. The molecule has 3 N–H and O–H groups in total. The summed E-state index contributed by atoms with van der Waals surface area (Å²) in [7, 11) is 0. The van der Waals surface area contributed by atoms with Crippen LogP contribution >= 0.6 is 0 Å². The number of hydrogen-bond donors (Lipinski definition) is 2. The van der Waals surface area contributed by atoms with Crippen LogP contribution in [-0.4, -0.2) is 65.4 Å². The predicted molar refractivity (Wildman–Crippen MR) is 146 cm³/mol. The number of nitrogens with zero attached hydrogens (tertiary/aromatic N) is 8. The third-order valence-electron chi connectivity index (χ3n) is 6.94. The molecule has 1 aliphatic heterocycles. The second kappa shape index (κ2) is 9.62. The van der Waals surface area contributed by atoms with Gasteiger partial charge >= 0.3 is 0 Å². The van der Waals surface area contributed by atoms with Crippen molar-refractivity contribution in [1.29, 1.82) is 5.26 Å². The summed E-state index contributed by atoms with van der Waals surface area (Å²) in [6.45, 7) is 4.22. The number of anilines is 1. The number of nitrogens with two attached hydrogens (primary N) is 1. The maximum atomic E-state index is 14.8. The molecule has 1 fully saturated rings. The van der Waals surface area contributed by atoms with Crippen molar-refractivity contribution in [2.24, 2.45) is 5.73 Å². The van der Waals surface area contributed by atoms with Gasteiger partial charge in [-0.1, -0.05) is 17.3 Å². The Morgan fingerprint density at radius 3 is 2.70 bits per heavy atom. The SMILES string of the molecule is CC(C)(O)Cn1nnc2cc(-c3c(-c4ccc(C#N)c(F)c4)nc4c(N5C[C@H](N)C[C@@H](F)C5)nccn34)ccc21. The number of imidazole rings is 1. The Balaban J connectivity index is 1.56. The molecule has 5 aromatic rings. The largest absolute Gasteiger partial charge is 0.389 e. The van der Waals surface area contributed by atoms with Gasteiger partial charge in [0.25, 0.3) is 0 Å². The van der Waals surface area contributed by atoms with E-state index in [4.69, 9.17) is 10.7 Å². The summed E-state index contributed by atoms with van der Waals surface area (Å²) >= 11 is 0. The predicted octanol–water partition coefficient (Wildman–Crippen LogP) is 3.47. The van der Waals surface area contributed by atoms with Gasteiger partial charge in [0.15, 0.2) is 11.5 Å². The van der Waals surface area contributed by atoms with Crippen LogP contribution in [0.5, 0.6) is 0 Å². The zero-order chi connectivity index (χ0) is 28.2. The smallest absolute Gasteiger partial charge is 0.181 e. The van der Waals surface area contributed by atoms with E-state index in [1.165, 1.54) is 12.1 Å². The molecule has 1 saturated heterocycles. The number of nitriles is 1. The normalized spacial score (nSPS) is 18.0. The molecule has 0 amide bonds. The summed E-state index contributed by atoms with van der Waals surface area (Å²) in [5.74, 6) is -0.187. The molecule has 0 unspecified atom stereocenters. The third-order valence-corrected chi connectivity index (χ3v) is 6.94. The molecule has 12 heteroatoms. The number of aromatic nitrogens is 6. The van der Waals surface area contributed by atoms with Crippen molar-refractivity contribution in [2.45, 2.75) is 44.6 Å². The quantitative estimate of drug-likeness (QED) is 0.344. The molecule has 40 heavy (non-hydrogen) atoms. The van der Waals surface area contributed by atoms with Gasteiger partial charge in [-0.2, -0.15) is 5.26 Å². The van der Waals surface area contributed by atoms with Gasteiger partial charge < -0.3 is 15.7 Å². The molecule has 2 atom stereocenters.